The molecule has 8 heteroatoms. The zero-order chi connectivity index (χ0) is 22.4. The van der Waals surface area contributed by atoms with E-state index in [9.17, 15) is 19.2 Å². The van der Waals surface area contributed by atoms with Gasteiger partial charge < -0.3 is 11.1 Å². The first-order chi connectivity index (χ1) is 15.4. The van der Waals surface area contributed by atoms with Crippen LogP contribution in [0.15, 0.2) is 36.4 Å². The highest BCUT2D eigenvalue weighted by Crippen LogP contribution is 2.52. The Labute approximate surface area is 186 Å². The van der Waals surface area contributed by atoms with E-state index in [0.717, 1.165) is 36.3 Å². The highest BCUT2D eigenvalue weighted by atomic mass is 16.2. The number of likely N-dealkylation sites (tertiary alicyclic amines) is 2. The zero-order valence-electron chi connectivity index (χ0n) is 17.9. The third kappa shape index (κ3) is 3.62. The summed E-state index contributed by atoms with van der Waals surface area (Å²) in [5, 5.41) is 2.89. The number of allylic oxidation sites excluding steroid dienone is 2. The Hall–Kier alpha value is -3.00. The Kier molecular flexibility index (Phi) is 5.33. The van der Waals surface area contributed by atoms with Gasteiger partial charge in [-0.25, -0.2) is 0 Å². The molecule has 8 nitrogen and oxygen atoms in total. The molecule has 4 aliphatic rings. The van der Waals surface area contributed by atoms with Crippen LogP contribution < -0.4 is 11.1 Å². The van der Waals surface area contributed by atoms with E-state index < -0.39 is 0 Å². The van der Waals surface area contributed by atoms with Crippen molar-refractivity contribution in [1.82, 2.24) is 9.80 Å². The third-order valence-electron chi connectivity index (χ3n) is 7.46. The molecule has 2 aliphatic carbocycles. The monoisotopic (exact) mass is 436 g/mol. The minimum atomic E-state index is -0.381. The number of carbonyl (C=O) groups is 4. The first kappa shape index (κ1) is 20.9. The molecule has 0 radical (unpaired) electrons. The van der Waals surface area contributed by atoms with E-state index in [1.54, 1.807) is 0 Å². The number of hydrogen-bond donors (Lipinski definition) is 2. The van der Waals surface area contributed by atoms with E-state index in [4.69, 9.17) is 5.73 Å². The van der Waals surface area contributed by atoms with Crippen molar-refractivity contribution < 1.29 is 19.2 Å². The summed E-state index contributed by atoms with van der Waals surface area (Å²) in [7, 11) is 0. The van der Waals surface area contributed by atoms with Gasteiger partial charge in [0.1, 0.15) is 6.54 Å². The van der Waals surface area contributed by atoms with Gasteiger partial charge in [-0.1, -0.05) is 30.4 Å². The fourth-order valence-corrected chi connectivity index (χ4v) is 5.91. The molecule has 2 bridgehead atoms. The number of rotatable bonds is 6. The van der Waals surface area contributed by atoms with Crippen molar-refractivity contribution >= 4 is 29.3 Å². The molecule has 2 aliphatic heterocycles. The predicted octanol–water partition coefficient (Wildman–Crippen LogP) is 1.13. The van der Waals surface area contributed by atoms with E-state index in [-0.39, 0.29) is 59.8 Å². The molecule has 5 unspecified atom stereocenters. The third-order valence-corrected chi connectivity index (χ3v) is 7.46. The summed E-state index contributed by atoms with van der Waals surface area (Å²) >= 11 is 0. The Bertz CT molecular complexity index is 975. The molecular weight excluding hydrogens is 408 g/mol. The van der Waals surface area contributed by atoms with Crippen molar-refractivity contribution in [2.75, 3.05) is 25.0 Å². The maximum atomic E-state index is 12.8. The van der Waals surface area contributed by atoms with Gasteiger partial charge in [-0.3, -0.25) is 29.0 Å². The quantitative estimate of drug-likeness (QED) is 0.513. The van der Waals surface area contributed by atoms with E-state index in [2.05, 4.69) is 10.2 Å². The number of fused-ring (bicyclic) bond motifs is 5. The molecule has 0 aromatic heterocycles. The Morgan fingerprint density at radius 1 is 1.06 bits per heavy atom. The zero-order valence-corrected chi connectivity index (χ0v) is 17.9. The van der Waals surface area contributed by atoms with Crippen LogP contribution in [-0.2, 0) is 25.7 Å². The Morgan fingerprint density at radius 2 is 1.75 bits per heavy atom. The van der Waals surface area contributed by atoms with Gasteiger partial charge in [-0.15, -0.1) is 0 Å². The first-order valence-electron chi connectivity index (χ1n) is 11.4. The van der Waals surface area contributed by atoms with Crippen LogP contribution in [0, 0.1) is 29.6 Å². The molecule has 3 N–H and O–H groups in total. The second-order valence-corrected chi connectivity index (χ2v) is 9.44. The number of anilines is 1. The summed E-state index contributed by atoms with van der Waals surface area (Å²) in [6.07, 6.45) is 6.66. The van der Waals surface area contributed by atoms with Crippen molar-refractivity contribution in [3.05, 3.63) is 42.0 Å². The molecule has 1 aromatic rings. The number of hydrogen-bond acceptors (Lipinski definition) is 5. The van der Waals surface area contributed by atoms with Gasteiger partial charge in [0.05, 0.1) is 17.8 Å². The summed E-state index contributed by atoms with van der Waals surface area (Å²) in [4.78, 5) is 53.4. The van der Waals surface area contributed by atoms with Gasteiger partial charge in [0.15, 0.2) is 0 Å². The summed E-state index contributed by atoms with van der Waals surface area (Å²) in [5.41, 5.74) is 7.06. The number of para-hydroxylation sites is 1. The molecule has 32 heavy (non-hydrogen) atoms. The van der Waals surface area contributed by atoms with E-state index in [1.165, 1.54) is 0 Å². The molecule has 168 valence electrons. The molecule has 4 amide bonds. The van der Waals surface area contributed by atoms with Crippen LogP contribution in [0.1, 0.15) is 24.8 Å². The highest BCUT2D eigenvalue weighted by molar-refractivity contribution is 6.09. The van der Waals surface area contributed by atoms with Crippen molar-refractivity contribution in [1.29, 1.82) is 0 Å². The minimum absolute atomic E-state index is 0.129. The molecule has 0 spiro atoms. The van der Waals surface area contributed by atoms with Crippen LogP contribution >= 0.6 is 0 Å². The number of imide groups is 1. The molecular formula is C24H28N4O4. The van der Waals surface area contributed by atoms with Crippen LogP contribution in [0.2, 0.25) is 0 Å². The molecule has 2 heterocycles. The topological polar surface area (TPSA) is 113 Å². The van der Waals surface area contributed by atoms with E-state index >= 15 is 0 Å². The minimum Gasteiger partial charge on any atom is -0.369 e. The van der Waals surface area contributed by atoms with E-state index in [0.29, 0.717) is 18.8 Å². The predicted molar refractivity (Wildman–Crippen MR) is 117 cm³/mol. The summed E-state index contributed by atoms with van der Waals surface area (Å²) in [6.45, 7) is 1.79. The molecule has 1 aromatic carbocycles. The largest absolute Gasteiger partial charge is 0.369 e. The first-order valence-corrected chi connectivity index (χ1v) is 11.4. The average molecular weight is 437 g/mol. The second kappa shape index (κ2) is 8.16. The van der Waals surface area contributed by atoms with Crippen LogP contribution in [0.4, 0.5) is 5.69 Å². The SMILES string of the molecule is NC(=O)C1CCCN(Cc2ccccc2NC(=O)CN2C(=O)C3C4C=CC(C4)C3C2=O)C1. The number of benzene rings is 1. The van der Waals surface area contributed by atoms with Crippen LogP contribution in [0.3, 0.4) is 0 Å². The van der Waals surface area contributed by atoms with Crippen molar-refractivity contribution in [3.8, 4) is 0 Å². The van der Waals surface area contributed by atoms with Crippen molar-refractivity contribution in [3.63, 3.8) is 0 Å². The molecule has 2 saturated heterocycles. The standard InChI is InChI=1S/C24H28N4O4/c25-22(30)17-5-3-9-27(12-17)11-16-4-1-2-6-18(16)26-19(29)13-28-23(31)20-14-7-8-15(10-14)21(20)24(28)32/h1-2,4,6-8,14-15,17,20-21H,3,5,9-13H2,(H2,25,30)(H,26,29). The molecule has 1 saturated carbocycles. The fraction of sp³-hybridized carbons (Fsp3) is 0.500. The Balaban J connectivity index is 1.23. The maximum Gasteiger partial charge on any atom is 0.244 e. The Morgan fingerprint density at radius 3 is 2.44 bits per heavy atom. The summed E-state index contributed by atoms with van der Waals surface area (Å²) in [5.74, 6) is -1.57. The number of piperidine rings is 1. The van der Waals surface area contributed by atoms with Crippen LogP contribution in [0.5, 0.6) is 0 Å². The van der Waals surface area contributed by atoms with Gasteiger partial charge >= 0.3 is 0 Å². The van der Waals surface area contributed by atoms with Gasteiger partial charge in [0, 0.05) is 18.8 Å². The van der Waals surface area contributed by atoms with Gasteiger partial charge in [-0.2, -0.15) is 0 Å². The lowest BCUT2D eigenvalue weighted by molar-refractivity contribution is -0.143. The molecule has 5 atom stereocenters. The number of nitrogens with one attached hydrogen (secondary N) is 1. The second-order valence-electron chi connectivity index (χ2n) is 9.44. The van der Waals surface area contributed by atoms with Crippen LogP contribution in [-0.4, -0.2) is 53.1 Å². The van der Waals surface area contributed by atoms with Gasteiger partial charge in [0.2, 0.25) is 23.6 Å². The normalized spacial score (nSPS) is 31.2. The van der Waals surface area contributed by atoms with E-state index in [1.807, 2.05) is 36.4 Å². The molecule has 5 rings (SSSR count). The molecule has 3 fully saturated rings. The lowest BCUT2D eigenvalue weighted by Gasteiger charge is -2.31. The van der Waals surface area contributed by atoms with Gasteiger partial charge in [0.25, 0.3) is 0 Å². The maximum absolute atomic E-state index is 12.8. The number of amides is 4. The lowest BCUT2D eigenvalue weighted by Crippen LogP contribution is -2.41. The lowest BCUT2D eigenvalue weighted by atomic mass is 9.85. The summed E-state index contributed by atoms with van der Waals surface area (Å²) < 4.78 is 0. The number of nitrogens with two attached hydrogens (primary N) is 1. The fourth-order valence-electron chi connectivity index (χ4n) is 5.91. The van der Waals surface area contributed by atoms with Gasteiger partial charge in [-0.05, 0) is 49.3 Å². The van der Waals surface area contributed by atoms with Crippen LogP contribution in [0.25, 0.3) is 0 Å². The highest BCUT2D eigenvalue weighted by Gasteiger charge is 2.59. The summed E-state index contributed by atoms with van der Waals surface area (Å²) in [6, 6.07) is 7.48. The van der Waals surface area contributed by atoms with Crippen molar-refractivity contribution in [2.24, 2.45) is 35.3 Å². The number of carbonyl (C=O) groups excluding carboxylic acids is 4. The smallest absolute Gasteiger partial charge is 0.244 e. The number of primary amides is 1. The number of nitrogens with zero attached hydrogens (tertiary/aromatic N) is 2. The van der Waals surface area contributed by atoms with Crippen molar-refractivity contribution in [2.45, 2.75) is 25.8 Å². The average Bonchev–Trinajstić information content (AvgIpc) is 3.45.